The van der Waals surface area contributed by atoms with E-state index >= 15 is 0 Å². The molecule has 1 aliphatic rings. The van der Waals surface area contributed by atoms with E-state index in [9.17, 15) is 9.18 Å². The van der Waals surface area contributed by atoms with Gasteiger partial charge < -0.3 is 5.32 Å². The number of halogens is 2. The van der Waals surface area contributed by atoms with E-state index in [-0.39, 0.29) is 23.1 Å². The highest BCUT2D eigenvalue weighted by Crippen LogP contribution is 2.34. The van der Waals surface area contributed by atoms with Crippen LogP contribution < -0.4 is 5.32 Å². The molecule has 0 fully saturated rings. The van der Waals surface area contributed by atoms with E-state index in [2.05, 4.69) is 5.32 Å². The maximum absolute atomic E-state index is 13.3. The largest absolute Gasteiger partial charge is 0.344 e. The highest BCUT2D eigenvalue weighted by molar-refractivity contribution is 6.21. The van der Waals surface area contributed by atoms with Gasteiger partial charge in [-0.15, -0.1) is 11.6 Å². The van der Waals surface area contributed by atoms with Crippen molar-refractivity contribution in [1.29, 1.82) is 0 Å². The molecule has 2 aromatic carbocycles. The summed E-state index contributed by atoms with van der Waals surface area (Å²) in [5.41, 5.74) is 3.13. The molecular weight excluding hydrogens is 289 g/mol. The molecule has 0 radical (unpaired) electrons. The Morgan fingerprint density at radius 1 is 1.29 bits per heavy atom. The predicted molar refractivity (Wildman–Crippen MR) is 81.1 cm³/mol. The molecule has 0 saturated heterocycles. The molecule has 2 atom stereocenters. The number of rotatable bonds is 2. The number of hydrogen-bond acceptors (Lipinski definition) is 1. The number of carbonyl (C=O) groups is 1. The van der Waals surface area contributed by atoms with Crippen molar-refractivity contribution in [3.8, 4) is 0 Å². The second-order valence-electron chi connectivity index (χ2n) is 5.33. The highest BCUT2D eigenvalue weighted by Gasteiger charge is 2.32. The lowest BCUT2D eigenvalue weighted by molar-refractivity contribution is 0.0937. The van der Waals surface area contributed by atoms with Gasteiger partial charge in [-0.05, 0) is 48.2 Å². The highest BCUT2D eigenvalue weighted by atomic mass is 35.5. The normalized spacial score (nSPS) is 20.1. The maximum atomic E-state index is 13.3. The van der Waals surface area contributed by atoms with Crippen molar-refractivity contribution in [2.45, 2.75) is 24.8 Å². The van der Waals surface area contributed by atoms with Gasteiger partial charge in [0.2, 0.25) is 0 Å². The van der Waals surface area contributed by atoms with E-state index < -0.39 is 0 Å². The summed E-state index contributed by atoms with van der Waals surface area (Å²) in [5.74, 6) is -0.543. The van der Waals surface area contributed by atoms with Gasteiger partial charge in [-0.3, -0.25) is 4.79 Å². The first-order chi connectivity index (χ1) is 10.1. The van der Waals surface area contributed by atoms with Crippen LogP contribution in [0.4, 0.5) is 4.39 Å². The Bertz CT molecular complexity index is 701. The molecule has 0 saturated carbocycles. The quantitative estimate of drug-likeness (QED) is 0.841. The summed E-state index contributed by atoms with van der Waals surface area (Å²) in [6, 6.07) is 12.1. The van der Waals surface area contributed by atoms with Crippen LogP contribution in [-0.4, -0.2) is 11.3 Å². The minimum Gasteiger partial charge on any atom is -0.344 e. The zero-order valence-corrected chi connectivity index (χ0v) is 12.3. The summed E-state index contributed by atoms with van der Waals surface area (Å²) in [4.78, 5) is 12.3. The third kappa shape index (κ3) is 2.66. The molecule has 2 aromatic rings. The molecule has 0 aromatic heterocycles. The van der Waals surface area contributed by atoms with Crippen LogP contribution >= 0.6 is 11.6 Å². The maximum Gasteiger partial charge on any atom is 0.251 e. The fourth-order valence-corrected chi connectivity index (χ4v) is 3.09. The Kier molecular flexibility index (Phi) is 3.68. The molecule has 0 aliphatic heterocycles. The van der Waals surface area contributed by atoms with Crippen LogP contribution in [0.15, 0.2) is 42.5 Å². The van der Waals surface area contributed by atoms with Crippen LogP contribution in [0.1, 0.15) is 33.1 Å². The molecule has 4 heteroatoms. The molecule has 2 nitrogen and oxygen atoms in total. The topological polar surface area (TPSA) is 29.1 Å². The molecule has 1 amide bonds. The summed E-state index contributed by atoms with van der Waals surface area (Å²) < 4.78 is 13.3. The number of fused-ring (bicyclic) bond motifs is 1. The summed E-state index contributed by atoms with van der Waals surface area (Å²) in [6.07, 6.45) is 0.741. The Morgan fingerprint density at radius 3 is 2.81 bits per heavy atom. The van der Waals surface area contributed by atoms with Crippen LogP contribution in [0, 0.1) is 12.7 Å². The number of alkyl halides is 1. The third-order valence-electron chi connectivity index (χ3n) is 3.87. The van der Waals surface area contributed by atoms with Gasteiger partial charge in [-0.25, -0.2) is 4.39 Å². The van der Waals surface area contributed by atoms with Gasteiger partial charge in [-0.2, -0.15) is 0 Å². The Morgan fingerprint density at radius 2 is 2.05 bits per heavy atom. The van der Waals surface area contributed by atoms with E-state index in [4.69, 9.17) is 11.6 Å². The molecular formula is C17H15ClFNO. The SMILES string of the molecule is Cc1cc(C(=O)NC2c3ccccc3CC2Cl)ccc1F. The summed E-state index contributed by atoms with van der Waals surface area (Å²) >= 11 is 6.36. The lowest BCUT2D eigenvalue weighted by atomic mass is 10.1. The summed E-state index contributed by atoms with van der Waals surface area (Å²) in [6.45, 7) is 1.64. The minimum atomic E-state index is -0.312. The Labute approximate surface area is 127 Å². The molecule has 1 N–H and O–H groups in total. The fraction of sp³-hybridized carbons (Fsp3) is 0.235. The average molecular weight is 304 g/mol. The van der Waals surface area contributed by atoms with Crippen molar-refractivity contribution in [1.82, 2.24) is 5.32 Å². The van der Waals surface area contributed by atoms with Crippen LogP contribution in [0.25, 0.3) is 0 Å². The first-order valence-electron chi connectivity index (χ1n) is 6.85. The van der Waals surface area contributed by atoms with Crippen molar-refractivity contribution >= 4 is 17.5 Å². The van der Waals surface area contributed by atoms with Crippen molar-refractivity contribution in [3.05, 3.63) is 70.5 Å². The van der Waals surface area contributed by atoms with Crippen molar-refractivity contribution < 1.29 is 9.18 Å². The summed E-state index contributed by atoms with van der Waals surface area (Å²) in [5, 5.41) is 2.80. The zero-order chi connectivity index (χ0) is 15.0. The minimum absolute atomic E-state index is 0.159. The molecule has 21 heavy (non-hydrogen) atoms. The molecule has 1 aliphatic carbocycles. The van der Waals surface area contributed by atoms with Gasteiger partial charge in [0.05, 0.1) is 11.4 Å². The average Bonchev–Trinajstić information content (AvgIpc) is 2.78. The second-order valence-corrected chi connectivity index (χ2v) is 5.89. The first-order valence-corrected chi connectivity index (χ1v) is 7.29. The Balaban J connectivity index is 1.83. The monoisotopic (exact) mass is 303 g/mol. The van der Waals surface area contributed by atoms with Gasteiger partial charge in [0.25, 0.3) is 5.91 Å². The molecule has 2 unspecified atom stereocenters. The smallest absolute Gasteiger partial charge is 0.251 e. The number of hydrogen-bond donors (Lipinski definition) is 1. The third-order valence-corrected chi connectivity index (χ3v) is 4.28. The van der Waals surface area contributed by atoms with Gasteiger partial charge in [0.1, 0.15) is 5.82 Å². The standard InChI is InChI=1S/C17H15ClFNO/c1-10-8-12(6-7-15(10)19)17(21)20-16-13-5-3-2-4-11(13)9-14(16)18/h2-8,14,16H,9H2,1H3,(H,20,21). The number of aryl methyl sites for hydroxylation is 1. The van der Waals surface area contributed by atoms with E-state index in [1.54, 1.807) is 13.0 Å². The molecule has 0 spiro atoms. The number of amides is 1. The van der Waals surface area contributed by atoms with Gasteiger partial charge in [0.15, 0.2) is 0 Å². The van der Waals surface area contributed by atoms with Gasteiger partial charge in [-0.1, -0.05) is 24.3 Å². The molecule has 3 rings (SSSR count). The molecule has 0 bridgehead atoms. The van der Waals surface area contributed by atoms with Crippen LogP contribution in [-0.2, 0) is 6.42 Å². The lowest BCUT2D eigenvalue weighted by Crippen LogP contribution is -2.31. The zero-order valence-electron chi connectivity index (χ0n) is 11.6. The van der Waals surface area contributed by atoms with Crippen LogP contribution in [0.5, 0.6) is 0 Å². The summed E-state index contributed by atoms with van der Waals surface area (Å²) in [7, 11) is 0. The van der Waals surface area contributed by atoms with Gasteiger partial charge >= 0.3 is 0 Å². The first kappa shape index (κ1) is 14.1. The van der Waals surface area contributed by atoms with Crippen molar-refractivity contribution in [3.63, 3.8) is 0 Å². The number of nitrogens with one attached hydrogen (secondary N) is 1. The molecule has 108 valence electrons. The van der Waals surface area contributed by atoms with E-state index in [1.807, 2.05) is 24.3 Å². The van der Waals surface area contributed by atoms with Crippen molar-refractivity contribution in [2.75, 3.05) is 0 Å². The van der Waals surface area contributed by atoms with E-state index in [0.717, 1.165) is 17.5 Å². The van der Waals surface area contributed by atoms with Gasteiger partial charge in [0, 0.05) is 5.56 Å². The van der Waals surface area contributed by atoms with E-state index in [0.29, 0.717) is 11.1 Å². The van der Waals surface area contributed by atoms with E-state index in [1.165, 1.54) is 12.1 Å². The lowest BCUT2D eigenvalue weighted by Gasteiger charge is -2.17. The fourth-order valence-electron chi connectivity index (χ4n) is 2.72. The van der Waals surface area contributed by atoms with Crippen LogP contribution in [0.3, 0.4) is 0 Å². The number of carbonyl (C=O) groups excluding carboxylic acids is 1. The Hall–Kier alpha value is -1.87. The van der Waals surface area contributed by atoms with Crippen molar-refractivity contribution in [2.24, 2.45) is 0 Å². The second kappa shape index (κ2) is 5.49. The predicted octanol–water partition coefficient (Wildman–Crippen LogP) is 3.77. The van der Waals surface area contributed by atoms with Crippen LogP contribution in [0.2, 0.25) is 0 Å². The molecule has 0 heterocycles. The number of benzene rings is 2.